The highest BCUT2D eigenvalue weighted by Gasteiger charge is 1.92. The van der Waals surface area contributed by atoms with Crippen LogP contribution in [-0.4, -0.2) is 11.0 Å². The summed E-state index contributed by atoms with van der Waals surface area (Å²) in [6.07, 6.45) is 1.03. The first-order valence-corrected chi connectivity index (χ1v) is 4.53. The number of rotatable bonds is 2. The van der Waals surface area contributed by atoms with Crippen molar-refractivity contribution in [3.63, 3.8) is 0 Å². The van der Waals surface area contributed by atoms with Crippen LogP contribution < -0.4 is 0 Å². The highest BCUT2D eigenvalue weighted by molar-refractivity contribution is 5.25. The molecule has 0 fully saturated rings. The van der Waals surface area contributed by atoms with E-state index in [0.717, 1.165) is 6.42 Å². The molecule has 0 spiro atoms. The molecule has 0 unspecified atom stereocenters. The van der Waals surface area contributed by atoms with Gasteiger partial charge in [-0.3, -0.25) is 0 Å². The number of hydrogen-bond donors (Lipinski definition) is 0. The number of benzene rings is 2. The Morgan fingerprint density at radius 2 is 0.867 bits per heavy atom. The highest BCUT2D eigenvalue weighted by atomic mass is 16.0. The molecule has 2 rings (SSSR count). The number of hydrogen-bond acceptors (Lipinski definition) is 0. The van der Waals surface area contributed by atoms with Crippen LogP contribution in [-0.2, 0) is 6.42 Å². The van der Waals surface area contributed by atoms with Crippen molar-refractivity contribution in [3.05, 3.63) is 71.8 Å². The second-order valence-corrected chi connectivity index (χ2v) is 3.15. The average Bonchev–Trinajstić information content (AvgIpc) is 2.21. The maximum atomic E-state index is 2.16. The van der Waals surface area contributed by atoms with E-state index in [-0.39, 0.29) is 11.0 Å². The molecule has 0 heterocycles. The van der Waals surface area contributed by atoms with Gasteiger partial charge >= 0.3 is 0 Å². The molecular weight excluding hydrogens is 188 g/mol. The molecule has 0 aromatic heterocycles. The van der Waals surface area contributed by atoms with E-state index in [2.05, 4.69) is 60.7 Å². The van der Waals surface area contributed by atoms with Gasteiger partial charge in [-0.1, -0.05) is 60.7 Å². The van der Waals surface area contributed by atoms with Gasteiger partial charge in [0.1, 0.15) is 0 Å². The SMILES string of the molecule is O.O.c1ccc(Cc2ccccc2)cc1. The minimum absolute atomic E-state index is 0. The van der Waals surface area contributed by atoms with Gasteiger partial charge in [0.25, 0.3) is 0 Å². The van der Waals surface area contributed by atoms with Gasteiger partial charge in [-0.15, -0.1) is 0 Å². The zero-order chi connectivity index (χ0) is 8.93. The third-order valence-corrected chi connectivity index (χ3v) is 2.09. The summed E-state index contributed by atoms with van der Waals surface area (Å²) in [5.41, 5.74) is 2.74. The Balaban J connectivity index is 0.000000980. The van der Waals surface area contributed by atoms with E-state index in [1.807, 2.05) is 0 Å². The molecule has 0 saturated heterocycles. The summed E-state index contributed by atoms with van der Waals surface area (Å²) in [5.74, 6) is 0. The Labute approximate surface area is 89.8 Å². The van der Waals surface area contributed by atoms with Crippen LogP contribution in [0.4, 0.5) is 0 Å². The molecule has 0 aliphatic heterocycles. The van der Waals surface area contributed by atoms with E-state index in [0.29, 0.717) is 0 Å². The van der Waals surface area contributed by atoms with E-state index in [4.69, 9.17) is 0 Å². The van der Waals surface area contributed by atoms with Gasteiger partial charge in [0, 0.05) is 0 Å². The summed E-state index contributed by atoms with van der Waals surface area (Å²) in [6.45, 7) is 0. The van der Waals surface area contributed by atoms with Crippen LogP contribution in [0.5, 0.6) is 0 Å². The molecule has 0 bridgehead atoms. The van der Waals surface area contributed by atoms with Gasteiger partial charge in [0.05, 0.1) is 0 Å². The first kappa shape index (κ1) is 13.4. The quantitative estimate of drug-likeness (QED) is 0.713. The smallest absolute Gasteiger partial charge is 0.00258 e. The lowest BCUT2D eigenvalue weighted by Crippen LogP contribution is -1.85. The largest absolute Gasteiger partial charge is 0.412 e. The molecule has 0 aliphatic rings. The van der Waals surface area contributed by atoms with Crippen LogP contribution >= 0.6 is 0 Å². The van der Waals surface area contributed by atoms with Gasteiger partial charge in [-0.2, -0.15) is 0 Å². The fourth-order valence-electron chi connectivity index (χ4n) is 1.43. The third-order valence-electron chi connectivity index (χ3n) is 2.09. The van der Waals surface area contributed by atoms with Crippen LogP contribution in [0.2, 0.25) is 0 Å². The second kappa shape index (κ2) is 6.76. The van der Waals surface area contributed by atoms with Crippen LogP contribution in [0.25, 0.3) is 0 Å². The van der Waals surface area contributed by atoms with Gasteiger partial charge in [0.15, 0.2) is 0 Å². The molecular formula is C13H16O2. The van der Waals surface area contributed by atoms with Crippen LogP contribution in [0.15, 0.2) is 60.7 Å². The van der Waals surface area contributed by atoms with Crippen LogP contribution in [0.1, 0.15) is 11.1 Å². The Morgan fingerprint density at radius 3 is 1.20 bits per heavy atom. The first-order chi connectivity index (χ1) is 6.45. The highest BCUT2D eigenvalue weighted by Crippen LogP contribution is 2.07. The molecule has 0 atom stereocenters. The fourth-order valence-corrected chi connectivity index (χ4v) is 1.43. The first-order valence-electron chi connectivity index (χ1n) is 4.53. The van der Waals surface area contributed by atoms with Gasteiger partial charge in [-0.25, -0.2) is 0 Å². The minimum Gasteiger partial charge on any atom is -0.412 e. The minimum atomic E-state index is 0. The molecule has 0 radical (unpaired) electrons. The Hall–Kier alpha value is -1.64. The zero-order valence-electron chi connectivity index (χ0n) is 8.48. The molecule has 0 aliphatic carbocycles. The standard InChI is InChI=1S/C13H12.2H2O/c1-3-7-12(8-4-1)11-13-9-5-2-6-10-13;;/h1-10H,11H2;2*1H2. The fraction of sp³-hybridized carbons (Fsp3) is 0.0769. The lowest BCUT2D eigenvalue weighted by atomic mass is 10.1. The lowest BCUT2D eigenvalue weighted by molar-refractivity contribution is 0.823. The topological polar surface area (TPSA) is 63.0 Å². The summed E-state index contributed by atoms with van der Waals surface area (Å²) in [7, 11) is 0. The zero-order valence-corrected chi connectivity index (χ0v) is 8.48. The van der Waals surface area contributed by atoms with Crippen molar-refractivity contribution in [2.75, 3.05) is 0 Å². The Kier molecular flexibility index (Phi) is 6.02. The Bertz CT molecular complexity index is 319. The summed E-state index contributed by atoms with van der Waals surface area (Å²) in [6, 6.07) is 21.1. The van der Waals surface area contributed by atoms with Gasteiger partial charge in [0.2, 0.25) is 0 Å². The average molecular weight is 204 g/mol. The lowest BCUT2D eigenvalue weighted by Gasteiger charge is -2.00. The van der Waals surface area contributed by atoms with Crippen molar-refractivity contribution in [1.29, 1.82) is 0 Å². The molecule has 80 valence electrons. The van der Waals surface area contributed by atoms with Crippen LogP contribution in [0.3, 0.4) is 0 Å². The molecule has 2 heteroatoms. The normalized spacial score (nSPS) is 8.53. The summed E-state index contributed by atoms with van der Waals surface area (Å²) in [5, 5.41) is 0. The molecule has 0 saturated carbocycles. The van der Waals surface area contributed by atoms with Crippen molar-refractivity contribution in [2.45, 2.75) is 6.42 Å². The molecule has 2 aromatic carbocycles. The molecule has 4 N–H and O–H groups in total. The maximum Gasteiger partial charge on any atom is -0.00258 e. The van der Waals surface area contributed by atoms with Crippen LogP contribution in [0, 0.1) is 0 Å². The summed E-state index contributed by atoms with van der Waals surface area (Å²) in [4.78, 5) is 0. The van der Waals surface area contributed by atoms with Gasteiger partial charge < -0.3 is 11.0 Å². The van der Waals surface area contributed by atoms with E-state index in [9.17, 15) is 0 Å². The van der Waals surface area contributed by atoms with Crippen molar-refractivity contribution < 1.29 is 11.0 Å². The predicted octanol–water partition coefficient (Wildman–Crippen LogP) is 1.63. The van der Waals surface area contributed by atoms with E-state index < -0.39 is 0 Å². The molecule has 15 heavy (non-hydrogen) atoms. The summed E-state index contributed by atoms with van der Waals surface area (Å²) >= 11 is 0. The van der Waals surface area contributed by atoms with Crippen molar-refractivity contribution in [2.24, 2.45) is 0 Å². The molecule has 2 aromatic rings. The third kappa shape index (κ3) is 3.94. The second-order valence-electron chi connectivity index (χ2n) is 3.15. The van der Waals surface area contributed by atoms with Crippen molar-refractivity contribution in [1.82, 2.24) is 0 Å². The van der Waals surface area contributed by atoms with E-state index >= 15 is 0 Å². The van der Waals surface area contributed by atoms with Crippen molar-refractivity contribution in [3.8, 4) is 0 Å². The molecule has 2 nitrogen and oxygen atoms in total. The predicted molar refractivity (Wildman–Crippen MR) is 62.9 cm³/mol. The van der Waals surface area contributed by atoms with E-state index in [1.54, 1.807) is 0 Å². The maximum absolute atomic E-state index is 2.16. The monoisotopic (exact) mass is 204 g/mol. The van der Waals surface area contributed by atoms with E-state index in [1.165, 1.54) is 11.1 Å². The summed E-state index contributed by atoms with van der Waals surface area (Å²) < 4.78 is 0. The van der Waals surface area contributed by atoms with Gasteiger partial charge in [-0.05, 0) is 17.5 Å². The Morgan fingerprint density at radius 1 is 0.533 bits per heavy atom. The van der Waals surface area contributed by atoms with Crippen molar-refractivity contribution >= 4 is 0 Å². The molecule has 0 amide bonds.